The van der Waals surface area contributed by atoms with E-state index in [0.29, 0.717) is 17.2 Å². The molecule has 0 spiro atoms. The predicted molar refractivity (Wildman–Crippen MR) is 66.7 cm³/mol. The normalized spacial score (nSPS) is 21.7. The van der Waals surface area contributed by atoms with Crippen LogP contribution >= 0.6 is 11.8 Å². The standard InChI is InChI=1S/C12H16F2N2S/c13-9-4-8(5-10(14)7-9)6-11(16-15)12-2-1-3-17-12/h4-5,7,11-12,16H,1-3,6,15H2. The minimum atomic E-state index is -0.533. The van der Waals surface area contributed by atoms with E-state index in [1.165, 1.54) is 18.6 Å². The number of nitrogens with one attached hydrogen (secondary N) is 1. The van der Waals surface area contributed by atoms with Crippen LogP contribution in [0.1, 0.15) is 18.4 Å². The van der Waals surface area contributed by atoms with Crippen LogP contribution in [0, 0.1) is 11.6 Å². The molecule has 3 N–H and O–H groups in total. The number of hydrogen-bond donors (Lipinski definition) is 2. The summed E-state index contributed by atoms with van der Waals surface area (Å²) < 4.78 is 26.1. The molecular weight excluding hydrogens is 242 g/mol. The summed E-state index contributed by atoms with van der Waals surface area (Å²) in [5, 5.41) is 0.436. The molecule has 2 rings (SSSR count). The van der Waals surface area contributed by atoms with Crippen LogP contribution in [0.5, 0.6) is 0 Å². The van der Waals surface area contributed by atoms with Gasteiger partial charge in [-0.1, -0.05) is 0 Å². The average molecular weight is 258 g/mol. The van der Waals surface area contributed by atoms with E-state index in [1.807, 2.05) is 11.8 Å². The molecule has 1 aromatic rings. The van der Waals surface area contributed by atoms with Crippen LogP contribution in [0.15, 0.2) is 18.2 Å². The molecule has 94 valence electrons. The van der Waals surface area contributed by atoms with Gasteiger partial charge in [-0.05, 0) is 42.7 Å². The molecule has 17 heavy (non-hydrogen) atoms. The molecule has 1 fully saturated rings. The second-order valence-corrected chi connectivity index (χ2v) is 5.65. The van der Waals surface area contributed by atoms with Crippen molar-refractivity contribution in [1.82, 2.24) is 5.43 Å². The SMILES string of the molecule is NNC(Cc1cc(F)cc(F)c1)C1CCCS1. The van der Waals surface area contributed by atoms with E-state index in [0.717, 1.165) is 18.2 Å². The predicted octanol–water partition coefficient (Wildman–Crippen LogP) is 2.23. The molecular formula is C12H16F2N2S. The molecule has 1 aliphatic rings. The Labute approximate surface area is 104 Å². The van der Waals surface area contributed by atoms with Crippen LogP contribution in [-0.4, -0.2) is 17.0 Å². The minimum Gasteiger partial charge on any atom is -0.271 e. The Morgan fingerprint density at radius 3 is 2.59 bits per heavy atom. The molecule has 0 aromatic heterocycles. The molecule has 5 heteroatoms. The first-order valence-electron chi connectivity index (χ1n) is 5.72. The quantitative estimate of drug-likeness (QED) is 0.642. The average Bonchev–Trinajstić information content (AvgIpc) is 2.77. The Morgan fingerprint density at radius 2 is 2.06 bits per heavy atom. The van der Waals surface area contributed by atoms with Crippen molar-refractivity contribution in [1.29, 1.82) is 0 Å². The van der Waals surface area contributed by atoms with Gasteiger partial charge in [0.25, 0.3) is 0 Å². The van der Waals surface area contributed by atoms with Crippen LogP contribution < -0.4 is 11.3 Å². The van der Waals surface area contributed by atoms with Crippen molar-refractivity contribution in [3.8, 4) is 0 Å². The Kier molecular flexibility index (Phi) is 4.36. The van der Waals surface area contributed by atoms with Gasteiger partial charge >= 0.3 is 0 Å². The van der Waals surface area contributed by atoms with Crippen molar-refractivity contribution >= 4 is 11.8 Å². The van der Waals surface area contributed by atoms with E-state index in [9.17, 15) is 8.78 Å². The number of hydrogen-bond acceptors (Lipinski definition) is 3. The number of benzene rings is 1. The van der Waals surface area contributed by atoms with Crippen molar-refractivity contribution in [3.05, 3.63) is 35.4 Å². The summed E-state index contributed by atoms with van der Waals surface area (Å²) in [5.41, 5.74) is 3.42. The highest BCUT2D eigenvalue weighted by Crippen LogP contribution is 2.30. The topological polar surface area (TPSA) is 38.0 Å². The second kappa shape index (κ2) is 5.80. The fraction of sp³-hybridized carbons (Fsp3) is 0.500. The van der Waals surface area contributed by atoms with Gasteiger partial charge in [-0.25, -0.2) is 8.78 Å². The molecule has 1 saturated heterocycles. The summed E-state index contributed by atoms with van der Waals surface area (Å²) in [4.78, 5) is 0. The van der Waals surface area contributed by atoms with Gasteiger partial charge in [-0.3, -0.25) is 11.3 Å². The molecule has 0 aliphatic carbocycles. The maximum absolute atomic E-state index is 13.1. The second-order valence-electron chi connectivity index (χ2n) is 4.31. The maximum Gasteiger partial charge on any atom is 0.126 e. The Bertz CT molecular complexity index is 361. The van der Waals surface area contributed by atoms with Gasteiger partial charge in [0.2, 0.25) is 0 Å². The van der Waals surface area contributed by atoms with Gasteiger partial charge in [0, 0.05) is 17.4 Å². The fourth-order valence-corrected chi connectivity index (χ4v) is 3.58. The summed E-state index contributed by atoms with van der Waals surface area (Å²) in [6.07, 6.45) is 2.85. The smallest absolute Gasteiger partial charge is 0.126 e. The van der Waals surface area contributed by atoms with E-state index in [-0.39, 0.29) is 6.04 Å². The van der Waals surface area contributed by atoms with Crippen molar-refractivity contribution in [2.45, 2.75) is 30.6 Å². The molecule has 0 bridgehead atoms. The first kappa shape index (κ1) is 12.8. The zero-order valence-corrected chi connectivity index (χ0v) is 10.3. The number of halogens is 2. The lowest BCUT2D eigenvalue weighted by atomic mass is 10.0. The molecule has 1 aromatic carbocycles. The number of hydrazine groups is 1. The fourth-order valence-electron chi connectivity index (χ4n) is 2.20. The van der Waals surface area contributed by atoms with E-state index < -0.39 is 11.6 Å². The first-order valence-corrected chi connectivity index (χ1v) is 6.76. The van der Waals surface area contributed by atoms with Gasteiger partial charge in [0.1, 0.15) is 11.6 Å². The highest BCUT2D eigenvalue weighted by atomic mass is 32.2. The lowest BCUT2D eigenvalue weighted by molar-refractivity contribution is 0.492. The van der Waals surface area contributed by atoms with E-state index in [1.54, 1.807) is 0 Å². The Hall–Kier alpha value is -0.650. The van der Waals surface area contributed by atoms with E-state index in [4.69, 9.17) is 5.84 Å². The van der Waals surface area contributed by atoms with Crippen molar-refractivity contribution < 1.29 is 8.78 Å². The van der Waals surface area contributed by atoms with Crippen LogP contribution in [0.4, 0.5) is 8.78 Å². The molecule has 2 nitrogen and oxygen atoms in total. The molecule has 0 amide bonds. The maximum atomic E-state index is 13.1. The number of rotatable bonds is 4. The largest absolute Gasteiger partial charge is 0.271 e. The molecule has 2 atom stereocenters. The lowest BCUT2D eigenvalue weighted by Crippen LogP contribution is -2.43. The van der Waals surface area contributed by atoms with Gasteiger partial charge in [-0.2, -0.15) is 11.8 Å². The molecule has 0 radical (unpaired) electrons. The Morgan fingerprint density at radius 1 is 1.35 bits per heavy atom. The highest BCUT2D eigenvalue weighted by Gasteiger charge is 2.25. The summed E-state index contributed by atoms with van der Waals surface area (Å²) in [7, 11) is 0. The summed E-state index contributed by atoms with van der Waals surface area (Å²) >= 11 is 1.87. The molecule has 0 saturated carbocycles. The summed E-state index contributed by atoms with van der Waals surface area (Å²) in [6.45, 7) is 0. The molecule has 1 heterocycles. The highest BCUT2D eigenvalue weighted by molar-refractivity contribution is 8.00. The minimum absolute atomic E-state index is 0.0729. The van der Waals surface area contributed by atoms with Crippen LogP contribution in [-0.2, 0) is 6.42 Å². The number of thioether (sulfide) groups is 1. The van der Waals surface area contributed by atoms with Gasteiger partial charge in [0.05, 0.1) is 0 Å². The summed E-state index contributed by atoms with van der Waals surface area (Å²) in [5.74, 6) is 5.60. The van der Waals surface area contributed by atoms with E-state index >= 15 is 0 Å². The third kappa shape index (κ3) is 3.40. The third-order valence-corrected chi connectivity index (χ3v) is 4.52. The van der Waals surface area contributed by atoms with Crippen LogP contribution in [0.3, 0.4) is 0 Å². The zero-order valence-electron chi connectivity index (χ0n) is 9.46. The monoisotopic (exact) mass is 258 g/mol. The molecule has 1 aliphatic heterocycles. The van der Waals surface area contributed by atoms with Crippen molar-refractivity contribution in [2.75, 3.05) is 5.75 Å². The van der Waals surface area contributed by atoms with Gasteiger partial charge in [-0.15, -0.1) is 0 Å². The zero-order chi connectivity index (χ0) is 12.3. The van der Waals surface area contributed by atoms with Gasteiger partial charge in [0.15, 0.2) is 0 Å². The summed E-state index contributed by atoms with van der Waals surface area (Å²) in [6, 6.07) is 3.70. The third-order valence-electron chi connectivity index (χ3n) is 3.01. The van der Waals surface area contributed by atoms with Crippen molar-refractivity contribution in [2.24, 2.45) is 5.84 Å². The van der Waals surface area contributed by atoms with E-state index in [2.05, 4.69) is 5.43 Å². The van der Waals surface area contributed by atoms with Gasteiger partial charge < -0.3 is 0 Å². The number of nitrogens with two attached hydrogens (primary N) is 1. The Balaban J connectivity index is 2.06. The van der Waals surface area contributed by atoms with Crippen LogP contribution in [0.25, 0.3) is 0 Å². The molecule has 2 unspecified atom stereocenters. The first-order chi connectivity index (χ1) is 8.19. The van der Waals surface area contributed by atoms with Crippen molar-refractivity contribution in [3.63, 3.8) is 0 Å². The van der Waals surface area contributed by atoms with Crippen LogP contribution in [0.2, 0.25) is 0 Å². The lowest BCUT2D eigenvalue weighted by Gasteiger charge is -2.22.